The van der Waals surface area contributed by atoms with Gasteiger partial charge in [0.25, 0.3) is 26.0 Å². The Morgan fingerprint density at radius 3 is 1.71 bits per heavy atom. The molecule has 0 aliphatic carbocycles. The van der Waals surface area contributed by atoms with E-state index in [0.717, 1.165) is 17.7 Å². The molecule has 0 aliphatic heterocycles. The molecule has 38 heavy (non-hydrogen) atoms. The molecule has 0 radical (unpaired) electrons. The summed E-state index contributed by atoms with van der Waals surface area (Å²) in [6, 6.07) is 20.7. The Hall–Kier alpha value is -3.93. The lowest BCUT2D eigenvalue weighted by Crippen LogP contribution is -2.15. The number of rotatable bonds is 8. The molecule has 0 saturated carbocycles. The van der Waals surface area contributed by atoms with E-state index >= 15 is 0 Å². The van der Waals surface area contributed by atoms with Crippen LogP contribution in [0.5, 0.6) is 0 Å². The van der Waals surface area contributed by atoms with Crippen molar-refractivity contribution in [1.29, 1.82) is 0 Å². The van der Waals surface area contributed by atoms with Crippen LogP contribution >= 0.6 is 11.6 Å². The van der Waals surface area contributed by atoms with Crippen LogP contribution in [0, 0.1) is 12.7 Å². The number of amides is 1. The Morgan fingerprint density at radius 2 is 1.16 bits per heavy atom. The number of halogens is 2. The summed E-state index contributed by atoms with van der Waals surface area (Å²) in [4.78, 5) is 12.8. The van der Waals surface area contributed by atoms with Gasteiger partial charge in [0.05, 0.1) is 26.1 Å². The molecule has 0 atom stereocenters. The number of hydrogen-bond acceptors (Lipinski definition) is 5. The van der Waals surface area contributed by atoms with E-state index in [1.54, 1.807) is 12.1 Å². The normalized spacial score (nSPS) is 11.6. The molecule has 0 heterocycles. The molecular weight excluding hydrogens is 553 g/mol. The average molecular weight is 574 g/mol. The Kier molecular flexibility index (Phi) is 7.72. The van der Waals surface area contributed by atoms with E-state index in [4.69, 9.17) is 11.6 Å². The number of hydrogen-bond donors (Lipinski definition) is 3. The molecule has 0 unspecified atom stereocenters. The van der Waals surface area contributed by atoms with Gasteiger partial charge in [0, 0.05) is 11.4 Å². The molecule has 0 spiro atoms. The summed E-state index contributed by atoms with van der Waals surface area (Å²) in [5, 5.41) is 2.62. The quantitative estimate of drug-likeness (QED) is 0.252. The summed E-state index contributed by atoms with van der Waals surface area (Å²) in [6.07, 6.45) is 0. The Bertz CT molecular complexity index is 1690. The maximum absolute atomic E-state index is 13.1. The molecule has 1 amide bonds. The Balaban J connectivity index is 1.43. The summed E-state index contributed by atoms with van der Waals surface area (Å²) in [5.74, 6) is -1.07. The summed E-state index contributed by atoms with van der Waals surface area (Å²) in [6.45, 7) is 1.84. The van der Waals surface area contributed by atoms with Gasteiger partial charge in [-0.05, 0) is 85.8 Å². The van der Waals surface area contributed by atoms with E-state index in [0.29, 0.717) is 5.69 Å². The van der Waals surface area contributed by atoms with E-state index < -0.39 is 31.8 Å². The van der Waals surface area contributed by atoms with Gasteiger partial charge in [0.15, 0.2) is 0 Å². The van der Waals surface area contributed by atoms with Crippen molar-refractivity contribution in [1.82, 2.24) is 0 Å². The number of nitrogens with one attached hydrogen (secondary N) is 3. The van der Waals surface area contributed by atoms with Crippen molar-refractivity contribution in [3.05, 3.63) is 113 Å². The third kappa shape index (κ3) is 6.49. The first kappa shape index (κ1) is 27.1. The highest BCUT2D eigenvalue weighted by atomic mass is 35.5. The fraction of sp³-hybridized carbons (Fsp3) is 0.0385. The van der Waals surface area contributed by atoms with Crippen molar-refractivity contribution in [2.24, 2.45) is 0 Å². The minimum atomic E-state index is -3.93. The van der Waals surface area contributed by atoms with Gasteiger partial charge in [-0.25, -0.2) is 21.2 Å². The fourth-order valence-corrected chi connectivity index (χ4v) is 5.72. The zero-order valence-electron chi connectivity index (χ0n) is 19.8. The van der Waals surface area contributed by atoms with Crippen molar-refractivity contribution < 1.29 is 26.0 Å². The van der Waals surface area contributed by atoms with Crippen molar-refractivity contribution in [2.45, 2.75) is 16.7 Å². The molecule has 4 aromatic carbocycles. The lowest BCUT2D eigenvalue weighted by molar-refractivity contribution is 0.102. The molecule has 0 bridgehead atoms. The summed E-state index contributed by atoms with van der Waals surface area (Å²) in [5.41, 5.74) is 1.68. The minimum absolute atomic E-state index is 0.00861. The smallest absolute Gasteiger partial charge is 0.261 e. The van der Waals surface area contributed by atoms with E-state index in [1.807, 2.05) is 6.92 Å². The lowest BCUT2D eigenvalue weighted by atomic mass is 10.2. The second-order valence-corrected chi connectivity index (χ2v) is 12.0. The fourth-order valence-electron chi connectivity index (χ4n) is 3.34. The number of benzene rings is 4. The Morgan fingerprint density at radius 1 is 0.684 bits per heavy atom. The van der Waals surface area contributed by atoms with Gasteiger partial charge in [0.2, 0.25) is 0 Å². The first-order chi connectivity index (χ1) is 17.9. The maximum atomic E-state index is 13.1. The molecule has 196 valence electrons. The number of anilines is 3. The van der Waals surface area contributed by atoms with Crippen molar-refractivity contribution in [2.75, 3.05) is 14.8 Å². The number of carbonyl (C=O) groups is 1. The molecule has 0 saturated heterocycles. The van der Waals surface area contributed by atoms with E-state index in [9.17, 15) is 26.0 Å². The zero-order chi connectivity index (χ0) is 27.5. The summed E-state index contributed by atoms with van der Waals surface area (Å²) < 4.78 is 68.2. The first-order valence-electron chi connectivity index (χ1n) is 11.0. The molecular formula is C26H21ClFN3O5S2. The molecule has 12 heteroatoms. The molecule has 0 fully saturated rings. The first-order valence-corrected chi connectivity index (χ1v) is 14.4. The predicted molar refractivity (Wildman–Crippen MR) is 145 cm³/mol. The second-order valence-electron chi connectivity index (χ2n) is 8.20. The number of aryl methyl sites for hydroxylation is 1. The van der Waals surface area contributed by atoms with Crippen molar-refractivity contribution in [3.8, 4) is 0 Å². The summed E-state index contributed by atoms with van der Waals surface area (Å²) >= 11 is 6.25. The van der Waals surface area contributed by atoms with Gasteiger partial charge in [-0.15, -0.1) is 0 Å². The van der Waals surface area contributed by atoms with Crippen LogP contribution in [0.2, 0.25) is 5.02 Å². The van der Waals surface area contributed by atoms with Crippen LogP contribution in [-0.2, 0) is 20.0 Å². The third-order valence-electron chi connectivity index (χ3n) is 5.32. The highest BCUT2D eigenvalue weighted by Crippen LogP contribution is 2.25. The SMILES string of the molecule is Cc1ccc(S(=O)(=O)Nc2ccc(C(=O)Nc3ccc(S(=O)(=O)Nc4ccc(F)cc4)cc3)c(Cl)c2)cc1. The van der Waals surface area contributed by atoms with Crippen LogP contribution in [0.3, 0.4) is 0 Å². The van der Waals surface area contributed by atoms with Crippen LogP contribution in [0.15, 0.2) is 101 Å². The molecule has 0 aliphatic rings. The van der Waals surface area contributed by atoms with Gasteiger partial charge in [0.1, 0.15) is 5.82 Å². The number of sulfonamides is 2. The van der Waals surface area contributed by atoms with E-state index in [1.165, 1.54) is 66.7 Å². The van der Waals surface area contributed by atoms with Crippen LogP contribution < -0.4 is 14.8 Å². The van der Waals surface area contributed by atoms with E-state index in [-0.39, 0.29) is 31.8 Å². The average Bonchev–Trinajstić information content (AvgIpc) is 2.86. The second kappa shape index (κ2) is 10.8. The van der Waals surface area contributed by atoms with Gasteiger partial charge >= 0.3 is 0 Å². The number of carbonyl (C=O) groups excluding carboxylic acids is 1. The van der Waals surface area contributed by atoms with Crippen LogP contribution in [0.25, 0.3) is 0 Å². The third-order valence-corrected chi connectivity index (χ3v) is 8.42. The van der Waals surface area contributed by atoms with Gasteiger partial charge in [-0.2, -0.15) is 0 Å². The zero-order valence-corrected chi connectivity index (χ0v) is 22.2. The largest absolute Gasteiger partial charge is 0.322 e. The van der Waals surface area contributed by atoms with E-state index in [2.05, 4.69) is 14.8 Å². The molecule has 0 aromatic heterocycles. The molecule has 4 aromatic rings. The van der Waals surface area contributed by atoms with Crippen molar-refractivity contribution >= 4 is 54.6 Å². The summed E-state index contributed by atoms with van der Waals surface area (Å²) in [7, 11) is -7.78. The highest BCUT2D eigenvalue weighted by molar-refractivity contribution is 7.93. The lowest BCUT2D eigenvalue weighted by Gasteiger charge is -2.12. The van der Waals surface area contributed by atoms with Gasteiger partial charge in [-0.3, -0.25) is 14.2 Å². The minimum Gasteiger partial charge on any atom is -0.322 e. The Labute approximate surface area is 224 Å². The van der Waals surface area contributed by atoms with Crippen molar-refractivity contribution in [3.63, 3.8) is 0 Å². The topological polar surface area (TPSA) is 121 Å². The predicted octanol–water partition coefficient (Wildman–Crippen LogP) is 5.64. The molecule has 4 rings (SSSR count). The van der Waals surface area contributed by atoms with Crippen LogP contribution in [0.4, 0.5) is 21.5 Å². The van der Waals surface area contributed by atoms with Crippen LogP contribution in [-0.4, -0.2) is 22.7 Å². The maximum Gasteiger partial charge on any atom is 0.261 e. The highest BCUT2D eigenvalue weighted by Gasteiger charge is 2.18. The monoisotopic (exact) mass is 573 g/mol. The molecule has 3 N–H and O–H groups in total. The standard InChI is InChI=1S/C26H21ClFN3O5S2/c1-17-2-11-22(12-3-17)38(35,36)31-21-10-15-24(25(27)16-21)26(32)29-19-8-13-23(14-9-19)37(33,34)30-20-6-4-18(28)5-7-20/h2-16,30-31H,1H3,(H,29,32). The van der Waals surface area contributed by atoms with Gasteiger partial charge < -0.3 is 5.32 Å². The van der Waals surface area contributed by atoms with Crippen LogP contribution in [0.1, 0.15) is 15.9 Å². The molecule has 8 nitrogen and oxygen atoms in total. The van der Waals surface area contributed by atoms with Gasteiger partial charge in [-0.1, -0.05) is 29.3 Å².